The Labute approximate surface area is 135 Å². The Bertz CT molecular complexity index is 485. The molecule has 1 aliphatic heterocycles. The number of aryl methyl sites for hydroxylation is 2. The fourth-order valence-electron chi connectivity index (χ4n) is 4.00. The van der Waals surface area contributed by atoms with Crippen LogP contribution in [0.15, 0.2) is 18.2 Å². The second-order valence-electron chi connectivity index (χ2n) is 7.59. The van der Waals surface area contributed by atoms with E-state index in [1.807, 2.05) is 13.0 Å². The SMILES string of the molecule is CCCCC1(C)CC(C)NCC1CCc1ccc(C)c(F)c1. The Morgan fingerprint density at radius 1 is 1.36 bits per heavy atom. The highest BCUT2D eigenvalue weighted by Crippen LogP contribution is 2.42. The van der Waals surface area contributed by atoms with Crippen molar-refractivity contribution in [2.24, 2.45) is 11.3 Å². The normalized spacial score (nSPS) is 28.8. The first-order valence-corrected chi connectivity index (χ1v) is 8.93. The van der Waals surface area contributed by atoms with Gasteiger partial charge in [0.15, 0.2) is 0 Å². The highest BCUT2D eigenvalue weighted by Gasteiger charge is 2.37. The molecular weight excluding hydrogens is 273 g/mol. The van der Waals surface area contributed by atoms with Crippen molar-refractivity contribution in [1.29, 1.82) is 0 Å². The Balaban J connectivity index is 2.00. The number of halogens is 1. The summed E-state index contributed by atoms with van der Waals surface area (Å²) in [4.78, 5) is 0. The monoisotopic (exact) mass is 305 g/mol. The molecule has 1 aliphatic rings. The van der Waals surface area contributed by atoms with Gasteiger partial charge in [0, 0.05) is 6.04 Å². The molecule has 3 unspecified atom stereocenters. The first kappa shape index (κ1) is 17.5. The lowest BCUT2D eigenvalue weighted by Crippen LogP contribution is -2.48. The second-order valence-corrected chi connectivity index (χ2v) is 7.59. The van der Waals surface area contributed by atoms with E-state index in [4.69, 9.17) is 0 Å². The summed E-state index contributed by atoms with van der Waals surface area (Å²) in [5, 5.41) is 3.65. The summed E-state index contributed by atoms with van der Waals surface area (Å²) in [6.45, 7) is 9.98. The molecule has 1 saturated heterocycles. The van der Waals surface area contributed by atoms with Gasteiger partial charge in [0.05, 0.1) is 0 Å². The van der Waals surface area contributed by atoms with Gasteiger partial charge in [-0.1, -0.05) is 38.8 Å². The van der Waals surface area contributed by atoms with Crippen molar-refractivity contribution in [2.45, 2.75) is 72.3 Å². The van der Waals surface area contributed by atoms with E-state index in [2.05, 4.69) is 32.2 Å². The number of hydrogen-bond donors (Lipinski definition) is 1. The van der Waals surface area contributed by atoms with Crippen molar-refractivity contribution in [3.05, 3.63) is 35.1 Å². The standard InChI is InChI=1S/C20H32FN/c1-5-6-11-20(4)13-16(3)22-14-18(20)10-9-17-8-7-15(2)19(21)12-17/h7-8,12,16,18,22H,5-6,9-11,13-14H2,1-4H3. The first-order chi connectivity index (χ1) is 10.4. The van der Waals surface area contributed by atoms with Crippen LogP contribution in [-0.4, -0.2) is 12.6 Å². The van der Waals surface area contributed by atoms with Crippen molar-refractivity contribution in [3.8, 4) is 0 Å². The molecule has 0 saturated carbocycles. The van der Waals surface area contributed by atoms with Gasteiger partial charge in [0.1, 0.15) is 5.82 Å². The van der Waals surface area contributed by atoms with Crippen LogP contribution in [0, 0.1) is 24.1 Å². The molecular formula is C20H32FN. The predicted octanol–water partition coefficient (Wildman–Crippen LogP) is 5.26. The topological polar surface area (TPSA) is 12.0 Å². The average molecular weight is 305 g/mol. The van der Waals surface area contributed by atoms with Crippen LogP contribution >= 0.6 is 0 Å². The van der Waals surface area contributed by atoms with Crippen LogP contribution in [0.2, 0.25) is 0 Å². The molecule has 22 heavy (non-hydrogen) atoms. The van der Waals surface area contributed by atoms with E-state index < -0.39 is 0 Å². The fraction of sp³-hybridized carbons (Fsp3) is 0.700. The summed E-state index contributed by atoms with van der Waals surface area (Å²) in [6, 6.07) is 6.33. The van der Waals surface area contributed by atoms with Gasteiger partial charge in [-0.25, -0.2) is 4.39 Å². The fourth-order valence-corrected chi connectivity index (χ4v) is 4.00. The Morgan fingerprint density at radius 3 is 2.82 bits per heavy atom. The number of hydrogen-bond acceptors (Lipinski definition) is 1. The van der Waals surface area contributed by atoms with Crippen molar-refractivity contribution in [3.63, 3.8) is 0 Å². The second kappa shape index (κ2) is 7.59. The van der Waals surface area contributed by atoms with Crippen LogP contribution in [0.25, 0.3) is 0 Å². The molecule has 124 valence electrons. The van der Waals surface area contributed by atoms with Crippen molar-refractivity contribution in [1.82, 2.24) is 5.32 Å². The number of nitrogens with one attached hydrogen (secondary N) is 1. The van der Waals surface area contributed by atoms with Gasteiger partial charge < -0.3 is 5.32 Å². The zero-order valence-corrected chi connectivity index (χ0v) is 14.7. The van der Waals surface area contributed by atoms with Gasteiger partial charge in [-0.05, 0) is 74.6 Å². The van der Waals surface area contributed by atoms with E-state index in [-0.39, 0.29) is 5.82 Å². The molecule has 0 radical (unpaired) electrons. The zero-order valence-electron chi connectivity index (χ0n) is 14.7. The molecule has 1 heterocycles. The molecule has 0 aromatic heterocycles. The lowest BCUT2D eigenvalue weighted by Gasteiger charge is -2.45. The summed E-state index contributed by atoms with van der Waals surface area (Å²) in [5.41, 5.74) is 2.31. The highest BCUT2D eigenvalue weighted by molar-refractivity contribution is 5.23. The third-order valence-electron chi connectivity index (χ3n) is 5.59. The molecule has 0 aliphatic carbocycles. The smallest absolute Gasteiger partial charge is 0.126 e. The molecule has 2 heteroatoms. The maximum atomic E-state index is 13.7. The minimum Gasteiger partial charge on any atom is -0.314 e. The Hall–Kier alpha value is -0.890. The van der Waals surface area contributed by atoms with Crippen molar-refractivity contribution in [2.75, 3.05) is 6.54 Å². The summed E-state index contributed by atoms with van der Waals surface area (Å²) in [6.07, 6.45) is 7.32. The summed E-state index contributed by atoms with van der Waals surface area (Å²) >= 11 is 0. The maximum absolute atomic E-state index is 13.7. The van der Waals surface area contributed by atoms with Crippen LogP contribution < -0.4 is 5.32 Å². The Morgan fingerprint density at radius 2 is 2.14 bits per heavy atom. The zero-order chi connectivity index (χ0) is 16.2. The van der Waals surface area contributed by atoms with Crippen LogP contribution in [0.3, 0.4) is 0 Å². The number of rotatable bonds is 6. The summed E-state index contributed by atoms with van der Waals surface area (Å²) in [5.74, 6) is 0.626. The van der Waals surface area contributed by atoms with Gasteiger partial charge in [-0.15, -0.1) is 0 Å². The number of piperidine rings is 1. The molecule has 1 nitrogen and oxygen atoms in total. The number of benzene rings is 1. The number of unbranched alkanes of at least 4 members (excludes halogenated alkanes) is 1. The maximum Gasteiger partial charge on any atom is 0.126 e. The van der Waals surface area contributed by atoms with Crippen LogP contribution in [0.5, 0.6) is 0 Å². The molecule has 0 bridgehead atoms. The molecule has 3 atom stereocenters. The van der Waals surface area contributed by atoms with E-state index in [1.54, 1.807) is 6.07 Å². The van der Waals surface area contributed by atoms with Crippen LogP contribution in [0.1, 0.15) is 64.0 Å². The van der Waals surface area contributed by atoms with E-state index >= 15 is 0 Å². The molecule has 0 spiro atoms. The third kappa shape index (κ3) is 4.32. The van der Waals surface area contributed by atoms with E-state index in [9.17, 15) is 4.39 Å². The molecule has 1 N–H and O–H groups in total. The quantitative estimate of drug-likeness (QED) is 0.756. The highest BCUT2D eigenvalue weighted by atomic mass is 19.1. The van der Waals surface area contributed by atoms with Crippen LogP contribution in [0.4, 0.5) is 4.39 Å². The van der Waals surface area contributed by atoms with Gasteiger partial charge in [-0.3, -0.25) is 0 Å². The Kier molecular flexibility index (Phi) is 6.02. The summed E-state index contributed by atoms with van der Waals surface area (Å²) < 4.78 is 13.7. The van der Waals surface area contributed by atoms with Gasteiger partial charge in [-0.2, -0.15) is 0 Å². The van der Waals surface area contributed by atoms with Crippen molar-refractivity contribution >= 4 is 0 Å². The largest absolute Gasteiger partial charge is 0.314 e. The lowest BCUT2D eigenvalue weighted by molar-refractivity contribution is 0.0844. The predicted molar refractivity (Wildman–Crippen MR) is 92.7 cm³/mol. The van der Waals surface area contributed by atoms with Crippen molar-refractivity contribution < 1.29 is 4.39 Å². The van der Waals surface area contributed by atoms with Gasteiger partial charge in [0.2, 0.25) is 0 Å². The minimum absolute atomic E-state index is 0.0679. The van der Waals surface area contributed by atoms with Crippen LogP contribution in [-0.2, 0) is 6.42 Å². The van der Waals surface area contributed by atoms with Gasteiger partial charge in [0.25, 0.3) is 0 Å². The first-order valence-electron chi connectivity index (χ1n) is 8.93. The summed E-state index contributed by atoms with van der Waals surface area (Å²) in [7, 11) is 0. The van der Waals surface area contributed by atoms with E-state index in [0.717, 1.165) is 30.5 Å². The molecule has 1 aromatic rings. The molecule has 1 fully saturated rings. The van der Waals surface area contributed by atoms with E-state index in [1.165, 1.54) is 25.7 Å². The molecule has 1 aromatic carbocycles. The average Bonchev–Trinajstić information content (AvgIpc) is 2.48. The minimum atomic E-state index is -0.0679. The third-order valence-corrected chi connectivity index (χ3v) is 5.59. The lowest BCUT2D eigenvalue weighted by atomic mass is 9.65. The molecule has 0 amide bonds. The van der Waals surface area contributed by atoms with Gasteiger partial charge >= 0.3 is 0 Å². The molecule has 2 rings (SSSR count). The van der Waals surface area contributed by atoms with E-state index in [0.29, 0.717) is 17.4 Å².